The van der Waals surface area contributed by atoms with Crippen LogP contribution in [0.25, 0.3) is 0 Å². The number of rotatable bonds is 5. The van der Waals surface area contributed by atoms with Crippen LogP contribution in [0.3, 0.4) is 0 Å². The molecular formula is C18H16F2N2O2. The zero-order chi connectivity index (χ0) is 17.3. The summed E-state index contributed by atoms with van der Waals surface area (Å²) in [5.74, 6) is -3.38. The highest BCUT2D eigenvalue weighted by Crippen LogP contribution is 2.48. The number of hydrogen-bond acceptors (Lipinski definition) is 2. The lowest BCUT2D eigenvalue weighted by molar-refractivity contribution is -0.128. The van der Waals surface area contributed by atoms with E-state index >= 15 is 0 Å². The monoisotopic (exact) mass is 330 g/mol. The normalized spacial score (nSPS) is 20.2. The van der Waals surface area contributed by atoms with Crippen molar-refractivity contribution >= 4 is 11.8 Å². The van der Waals surface area contributed by atoms with Crippen molar-refractivity contribution in [1.82, 2.24) is 5.32 Å². The number of amides is 2. The summed E-state index contributed by atoms with van der Waals surface area (Å²) in [5.41, 5.74) is 6.55. The third kappa shape index (κ3) is 3.27. The average Bonchev–Trinajstić information content (AvgIpc) is 3.36. The quantitative estimate of drug-likeness (QED) is 0.884. The molecule has 4 nitrogen and oxygen atoms in total. The molecule has 3 atom stereocenters. The Hall–Kier alpha value is -2.76. The highest BCUT2D eigenvalue weighted by molar-refractivity contribution is 5.90. The number of benzene rings is 2. The lowest BCUT2D eigenvalue weighted by Gasteiger charge is -2.16. The van der Waals surface area contributed by atoms with E-state index in [2.05, 4.69) is 5.32 Å². The Morgan fingerprint density at radius 3 is 2.42 bits per heavy atom. The molecule has 1 aliphatic rings. The summed E-state index contributed by atoms with van der Waals surface area (Å²) in [7, 11) is 0. The molecule has 0 saturated heterocycles. The maximum Gasteiger partial charge on any atom is 0.244 e. The maximum atomic E-state index is 13.3. The van der Waals surface area contributed by atoms with Gasteiger partial charge in [0.05, 0.1) is 0 Å². The molecule has 1 aliphatic carbocycles. The van der Waals surface area contributed by atoms with Crippen LogP contribution in [0.1, 0.15) is 29.5 Å². The fraction of sp³-hybridized carbons (Fsp3) is 0.222. The van der Waals surface area contributed by atoms with E-state index in [1.165, 1.54) is 6.07 Å². The lowest BCUT2D eigenvalue weighted by Crippen LogP contribution is -2.38. The van der Waals surface area contributed by atoms with Crippen molar-refractivity contribution in [2.75, 3.05) is 0 Å². The molecule has 3 rings (SSSR count). The van der Waals surface area contributed by atoms with Crippen LogP contribution >= 0.6 is 0 Å². The van der Waals surface area contributed by atoms with E-state index in [4.69, 9.17) is 5.73 Å². The second-order valence-corrected chi connectivity index (χ2v) is 5.88. The molecule has 1 fully saturated rings. The minimum absolute atomic E-state index is 0.176. The summed E-state index contributed by atoms with van der Waals surface area (Å²) in [6, 6.07) is 11.4. The molecule has 3 unspecified atom stereocenters. The number of nitrogens with two attached hydrogens (primary N) is 1. The van der Waals surface area contributed by atoms with Gasteiger partial charge in [-0.3, -0.25) is 9.59 Å². The molecule has 2 aromatic rings. The predicted octanol–water partition coefficient (Wildman–Crippen LogP) is 2.41. The maximum absolute atomic E-state index is 13.3. The van der Waals surface area contributed by atoms with Crippen molar-refractivity contribution in [3.63, 3.8) is 0 Å². The van der Waals surface area contributed by atoms with Gasteiger partial charge in [-0.2, -0.15) is 0 Å². The molecule has 124 valence electrons. The molecule has 1 saturated carbocycles. The Balaban J connectivity index is 1.69. The van der Waals surface area contributed by atoms with E-state index in [1.54, 1.807) is 30.3 Å². The zero-order valence-corrected chi connectivity index (χ0v) is 12.7. The van der Waals surface area contributed by atoms with Gasteiger partial charge in [0.1, 0.15) is 6.04 Å². The molecule has 2 aromatic carbocycles. The minimum Gasteiger partial charge on any atom is -0.368 e. The van der Waals surface area contributed by atoms with Crippen LogP contribution in [0.5, 0.6) is 0 Å². The van der Waals surface area contributed by atoms with Crippen molar-refractivity contribution in [2.45, 2.75) is 18.4 Å². The van der Waals surface area contributed by atoms with Crippen LogP contribution < -0.4 is 11.1 Å². The molecule has 3 N–H and O–H groups in total. The first-order chi connectivity index (χ1) is 11.5. The molecule has 0 heterocycles. The molecule has 0 aliphatic heterocycles. The number of nitrogens with one attached hydrogen (secondary N) is 1. The number of primary amides is 1. The van der Waals surface area contributed by atoms with Crippen LogP contribution in [0, 0.1) is 17.6 Å². The third-order valence-corrected chi connectivity index (χ3v) is 4.20. The van der Waals surface area contributed by atoms with Crippen LogP contribution in [0.4, 0.5) is 8.78 Å². The summed E-state index contributed by atoms with van der Waals surface area (Å²) >= 11 is 0. The smallest absolute Gasteiger partial charge is 0.244 e. The fourth-order valence-corrected chi connectivity index (χ4v) is 2.81. The Kier molecular flexibility index (Phi) is 4.29. The highest BCUT2D eigenvalue weighted by atomic mass is 19.2. The number of hydrogen-bond donors (Lipinski definition) is 2. The highest BCUT2D eigenvalue weighted by Gasteiger charge is 2.45. The largest absolute Gasteiger partial charge is 0.368 e. The summed E-state index contributed by atoms with van der Waals surface area (Å²) in [6.45, 7) is 0. The van der Waals surface area contributed by atoms with E-state index < -0.39 is 23.6 Å². The summed E-state index contributed by atoms with van der Waals surface area (Å²) < 4.78 is 26.3. The SMILES string of the molecule is NC(=O)C(NC(=O)C1CC1c1ccc(F)c(F)c1)c1ccccc1. The van der Waals surface area contributed by atoms with Crippen LogP contribution in [-0.4, -0.2) is 11.8 Å². The molecular weight excluding hydrogens is 314 g/mol. The van der Waals surface area contributed by atoms with Crippen molar-refractivity contribution in [3.8, 4) is 0 Å². The van der Waals surface area contributed by atoms with E-state index in [9.17, 15) is 18.4 Å². The van der Waals surface area contributed by atoms with Gasteiger partial charge in [0.25, 0.3) is 0 Å². The second-order valence-electron chi connectivity index (χ2n) is 5.88. The minimum atomic E-state index is -0.933. The predicted molar refractivity (Wildman–Crippen MR) is 83.7 cm³/mol. The molecule has 2 amide bonds. The summed E-state index contributed by atoms with van der Waals surface area (Å²) in [6.07, 6.45) is 0.525. The van der Waals surface area contributed by atoms with Crippen molar-refractivity contribution < 1.29 is 18.4 Å². The van der Waals surface area contributed by atoms with Gasteiger partial charge >= 0.3 is 0 Å². The Labute approximate surface area is 137 Å². The molecule has 0 spiro atoms. The molecule has 24 heavy (non-hydrogen) atoms. The second kappa shape index (κ2) is 6.39. The van der Waals surface area contributed by atoms with E-state index in [1.807, 2.05) is 0 Å². The Morgan fingerprint density at radius 1 is 1.08 bits per heavy atom. The van der Waals surface area contributed by atoms with E-state index in [0.29, 0.717) is 17.5 Å². The van der Waals surface area contributed by atoms with Gasteiger partial charge in [-0.1, -0.05) is 36.4 Å². The molecule has 0 bridgehead atoms. The van der Waals surface area contributed by atoms with Crippen LogP contribution in [0.2, 0.25) is 0 Å². The first-order valence-corrected chi connectivity index (χ1v) is 7.57. The van der Waals surface area contributed by atoms with Gasteiger partial charge in [-0.25, -0.2) is 8.78 Å². The molecule has 0 aromatic heterocycles. The van der Waals surface area contributed by atoms with Gasteiger partial charge in [-0.05, 0) is 35.6 Å². The van der Waals surface area contributed by atoms with Crippen molar-refractivity contribution in [1.29, 1.82) is 0 Å². The standard InChI is InChI=1S/C18H16F2N2O2/c19-14-7-6-11(8-15(14)20)12-9-13(12)18(24)22-16(17(21)23)10-4-2-1-3-5-10/h1-8,12-13,16H,9H2,(H2,21,23)(H,22,24). The van der Waals surface area contributed by atoms with Crippen LogP contribution in [0.15, 0.2) is 48.5 Å². The number of halogens is 2. The lowest BCUT2D eigenvalue weighted by atomic mass is 10.1. The van der Waals surface area contributed by atoms with Gasteiger partial charge in [0, 0.05) is 5.92 Å². The topological polar surface area (TPSA) is 72.2 Å². The van der Waals surface area contributed by atoms with E-state index in [-0.39, 0.29) is 17.7 Å². The zero-order valence-electron chi connectivity index (χ0n) is 12.7. The van der Waals surface area contributed by atoms with Gasteiger partial charge < -0.3 is 11.1 Å². The van der Waals surface area contributed by atoms with E-state index in [0.717, 1.165) is 12.1 Å². The van der Waals surface area contributed by atoms with Crippen molar-refractivity contribution in [3.05, 3.63) is 71.3 Å². The summed E-state index contributed by atoms with van der Waals surface area (Å²) in [5, 5.41) is 2.64. The third-order valence-electron chi connectivity index (χ3n) is 4.20. The van der Waals surface area contributed by atoms with Gasteiger partial charge in [0.15, 0.2) is 11.6 Å². The Bertz CT molecular complexity index is 780. The molecule has 6 heteroatoms. The first kappa shape index (κ1) is 16.1. The average molecular weight is 330 g/mol. The Morgan fingerprint density at radius 2 is 1.79 bits per heavy atom. The summed E-state index contributed by atoms with van der Waals surface area (Å²) in [4.78, 5) is 24.0. The first-order valence-electron chi connectivity index (χ1n) is 7.57. The number of carbonyl (C=O) groups excluding carboxylic acids is 2. The molecule has 0 radical (unpaired) electrons. The van der Waals surface area contributed by atoms with Gasteiger partial charge in [0.2, 0.25) is 11.8 Å². The van der Waals surface area contributed by atoms with Crippen LogP contribution in [-0.2, 0) is 9.59 Å². The fourth-order valence-electron chi connectivity index (χ4n) is 2.81. The van der Waals surface area contributed by atoms with Gasteiger partial charge in [-0.15, -0.1) is 0 Å². The van der Waals surface area contributed by atoms with Crippen molar-refractivity contribution in [2.24, 2.45) is 11.7 Å². The number of carbonyl (C=O) groups is 2.